The molecule has 1 aromatic carbocycles. The predicted molar refractivity (Wildman–Crippen MR) is 110 cm³/mol. The number of Topliss-reactive ketones (excluding diaryl/α,β-unsaturated/α-hetero) is 2. The van der Waals surface area contributed by atoms with E-state index in [1.54, 1.807) is 11.3 Å². The number of thiophene rings is 1. The molecule has 0 fully saturated rings. The van der Waals surface area contributed by atoms with Gasteiger partial charge in [0.15, 0.2) is 11.6 Å². The molecule has 3 rings (SSSR count). The fraction of sp³-hybridized carbons (Fsp3) is 0.273. The molecular formula is C22H24N2O2S. The molecular weight excluding hydrogens is 356 g/mol. The highest BCUT2D eigenvalue weighted by atomic mass is 32.1. The summed E-state index contributed by atoms with van der Waals surface area (Å²) < 4.78 is 0. The molecule has 27 heavy (non-hydrogen) atoms. The third-order valence-corrected chi connectivity index (χ3v) is 5.74. The van der Waals surface area contributed by atoms with Gasteiger partial charge in [0.1, 0.15) is 0 Å². The van der Waals surface area contributed by atoms with Gasteiger partial charge in [-0.3, -0.25) is 14.9 Å². The van der Waals surface area contributed by atoms with E-state index in [4.69, 9.17) is 0 Å². The first kappa shape index (κ1) is 19.3. The van der Waals surface area contributed by atoms with E-state index in [1.165, 1.54) is 6.92 Å². The van der Waals surface area contributed by atoms with E-state index in [-0.39, 0.29) is 17.6 Å². The SMILES string of the molecule is CC(=O)c1c(C)[nH]c(C(=O)[C@@H](C)N[C@H](c2ccccc2)c2cccs2)c1C. The molecule has 2 N–H and O–H groups in total. The van der Waals surface area contributed by atoms with Crippen molar-refractivity contribution in [3.8, 4) is 0 Å². The van der Waals surface area contributed by atoms with Crippen LogP contribution in [0.2, 0.25) is 0 Å². The molecule has 0 aliphatic rings. The van der Waals surface area contributed by atoms with Crippen LogP contribution in [-0.2, 0) is 0 Å². The number of carbonyl (C=O) groups excluding carboxylic acids is 2. The molecule has 0 saturated carbocycles. The molecule has 140 valence electrons. The normalized spacial score (nSPS) is 13.3. The van der Waals surface area contributed by atoms with Gasteiger partial charge >= 0.3 is 0 Å². The molecule has 0 spiro atoms. The molecule has 3 aromatic rings. The summed E-state index contributed by atoms with van der Waals surface area (Å²) in [7, 11) is 0. The van der Waals surface area contributed by atoms with Gasteiger partial charge in [0, 0.05) is 16.1 Å². The van der Waals surface area contributed by atoms with Crippen LogP contribution < -0.4 is 5.32 Å². The van der Waals surface area contributed by atoms with Crippen molar-refractivity contribution < 1.29 is 9.59 Å². The summed E-state index contributed by atoms with van der Waals surface area (Å²) in [4.78, 5) is 29.2. The van der Waals surface area contributed by atoms with Crippen LogP contribution in [0.4, 0.5) is 0 Å². The number of rotatable bonds is 7. The summed E-state index contributed by atoms with van der Waals surface area (Å²) >= 11 is 1.66. The molecule has 2 heterocycles. The lowest BCUT2D eigenvalue weighted by Gasteiger charge is -2.22. The van der Waals surface area contributed by atoms with Crippen molar-refractivity contribution in [3.05, 3.63) is 80.8 Å². The fourth-order valence-corrected chi connectivity index (χ4v) is 4.32. The number of aromatic nitrogens is 1. The highest BCUT2D eigenvalue weighted by Gasteiger charge is 2.26. The fourth-order valence-electron chi connectivity index (χ4n) is 3.51. The third-order valence-electron chi connectivity index (χ3n) is 4.81. The van der Waals surface area contributed by atoms with E-state index in [1.807, 2.05) is 50.4 Å². The summed E-state index contributed by atoms with van der Waals surface area (Å²) in [6.45, 7) is 7.06. The summed E-state index contributed by atoms with van der Waals surface area (Å²) in [5.74, 6) is -0.0674. The van der Waals surface area contributed by atoms with Crippen molar-refractivity contribution >= 4 is 22.9 Å². The van der Waals surface area contributed by atoms with Crippen LogP contribution in [0.3, 0.4) is 0 Å². The average molecular weight is 381 g/mol. The monoisotopic (exact) mass is 380 g/mol. The maximum atomic E-state index is 13.1. The van der Waals surface area contributed by atoms with Gasteiger partial charge < -0.3 is 4.98 Å². The largest absolute Gasteiger partial charge is 0.355 e. The van der Waals surface area contributed by atoms with Gasteiger partial charge in [0.2, 0.25) is 0 Å². The first-order chi connectivity index (χ1) is 12.9. The first-order valence-corrected chi connectivity index (χ1v) is 9.86. The van der Waals surface area contributed by atoms with Gasteiger partial charge in [-0.1, -0.05) is 36.4 Å². The number of hydrogen-bond acceptors (Lipinski definition) is 4. The van der Waals surface area contributed by atoms with E-state index >= 15 is 0 Å². The molecule has 2 aromatic heterocycles. The standard InChI is InChI=1S/C22H24N2O2S/c1-13-19(16(4)25)14(2)23-20(13)22(26)15(3)24-21(18-11-8-12-27-18)17-9-6-5-7-10-17/h5-12,15,21,23-24H,1-4H3/t15-,21-/m1/s1. The topological polar surface area (TPSA) is 62.0 Å². The molecule has 4 nitrogen and oxygen atoms in total. The summed E-state index contributed by atoms with van der Waals surface area (Å²) in [6.07, 6.45) is 0. The van der Waals surface area contributed by atoms with Gasteiger partial charge in [-0.25, -0.2) is 0 Å². The Labute approximate surface area is 163 Å². The Morgan fingerprint density at radius 3 is 2.33 bits per heavy atom. The lowest BCUT2D eigenvalue weighted by Crippen LogP contribution is -2.37. The molecule has 5 heteroatoms. The van der Waals surface area contributed by atoms with Crippen molar-refractivity contribution in [1.29, 1.82) is 0 Å². The zero-order valence-electron chi connectivity index (χ0n) is 16.0. The number of H-pyrrole nitrogens is 1. The van der Waals surface area contributed by atoms with Crippen molar-refractivity contribution in [3.63, 3.8) is 0 Å². The molecule has 0 unspecified atom stereocenters. The second kappa shape index (κ2) is 8.03. The van der Waals surface area contributed by atoms with Crippen LogP contribution >= 0.6 is 11.3 Å². The van der Waals surface area contributed by atoms with Crippen molar-refractivity contribution in [2.45, 2.75) is 39.8 Å². The van der Waals surface area contributed by atoms with Crippen molar-refractivity contribution in [1.82, 2.24) is 10.3 Å². The summed E-state index contributed by atoms with van der Waals surface area (Å²) in [5, 5.41) is 5.51. The lowest BCUT2D eigenvalue weighted by molar-refractivity contribution is 0.0942. The van der Waals surface area contributed by atoms with Crippen molar-refractivity contribution in [2.24, 2.45) is 0 Å². The Morgan fingerprint density at radius 2 is 1.78 bits per heavy atom. The number of carbonyl (C=O) groups is 2. The number of nitrogens with one attached hydrogen (secondary N) is 2. The minimum Gasteiger partial charge on any atom is -0.355 e. The Kier molecular flexibility index (Phi) is 5.73. The van der Waals surface area contributed by atoms with Crippen LogP contribution in [0.1, 0.15) is 62.4 Å². The maximum Gasteiger partial charge on any atom is 0.195 e. The van der Waals surface area contributed by atoms with E-state index in [2.05, 4.69) is 28.5 Å². The zero-order chi connectivity index (χ0) is 19.6. The second-order valence-electron chi connectivity index (χ2n) is 6.79. The highest BCUT2D eigenvalue weighted by Crippen LogP contribution is 2.27. The minimum atomic E-state index is -0.408. The lowest BCUT2D eigenvalue weighted by atomic mass is 10.0. The Balaban J connectivity index is 1.88. The van der Waals surface area contributed by atoms with E-state index in [9.17, 15) is 9.59 Å². The second-order valence-corrected chi connectivity index (χ2v) is 7.77. The Bertz CT molecular complexity index is 942. The number of ketones is 2. The van der Waals surface area contributed by atoms with E-state index < -0.39 is 6.04 Å². The average Bonchev–Trinajstić information content (AvgIpc) is 3.27. The quantitative estimate of drug-likeness (QED) is 0.576. The maximum absolute atomic E-state index is 13.1. The Morgan fingerprint density at radius 1 is 1.07 bits per heavy atom. The zero-order valence-corrected chi connectivity index (χ0v) is 16.8. The molecule has 0 saturated heterocycles. The van der Waals surface area contributed by atoms with Gasteiger partial charge in [0.25, 0.3) is 0 Å². The highest BCUT2D eigenvalue weighted by molar-refractivity contribution is 7.10. The molecule has 0 amide bonds. The van der Waals surface area contributed by atoms with E-state index in [0.717, 1.165) is 21.7 Å². The molecule has 0 aliphatic heterocycles. The van der Waals surface area contributed by atoms with Crippen LogP contribution in [0.15, 0.2) is 47.8 Å². The van der Waals surface area contributed by atoms with Crippen molar-refractivity contribution in [2.75, 3.05) is 0 Å². The number of benzene rings is 1. The summed E-state index contributed by atoms with van der Waals surface area (Å²) in [6, 6.07) is 13.7. The van der Waals surface area contributed by atoms with Gasteiger partial charge in [-0.15, -0.1) is 11.3 Å². The Hall–Kier alpha value is -2.50. The van der Waals surface area contributed by atoms with Crippen LogP contribution in [0.5, 0.6) is 0 Å². The number of aryl methyl sites for hydroxylation is 1. The first-order valence-electron chi connectivity index (χ1n) is 8.98. The molecule has 0 bridgehead atoms. The van der Waals surface area contributed by atoms with E-state index in [0.29, 0.717) is 11.3 Å². The predicted octanol–water partition coefficient (Wildman–Crippen LogP) is 4.85. The summed E-state index contributed by atoms with van der Waals surface area (Å²) in [5.41, 5.74) is 3.71. The van der Waals surface area contributed by atoms with Gasteiger partial charge in [-0.2, -0.15) is 0 Å². The van der Waals surface area contributed by atoms with Crippen LogP contribution in [0, 0.1) is 13.8 Å². The van der Waals surface area contributed by atoms with Crippen LogP contribution in [0.25, 0.3) is 0 Å². The minimum absolute atomic E-state index is 0.0262. The molecule has 0 radical (unpaired) electrons. The molecule has 0 aliphatic carbocycles. The smallest absolute Gasteiger partial charge is 0.195 e. The number of aromatic amines is 1. The number of hydrogen-bond donors (Lipinski definition) is 2. The third kappa shape index (κ3) is 3.94. The molecule has 2 atom stereocenters. The van der Waals surface area contributed by atoms with Gasteiger partial charge in [-0.05, 0) is 50.3 Å². The van der Waals surface area contributed by atoms with Gasteiger partial charge in [0.05, 0.1) is 17.8 Å². The van der Waals surface area contributed by atoms with Crippen LogP contribution in [-0.4, -0.2) is 22.6 Å².